The number of ether oxygens (including phenoxy) is 2. The van der Waals surface area contributed by atoms with E-state index in [2.05, 4.69) is 33.1 Å². The summed E-state index contributed by atoms with van der Waals surface area (Å²) in [5, 5.41) is 3.37. The van der Waals surface area contributed by atoms with Crippen LogP contribution in [0.4, 0.5) is 20.2 Å². The number of hydrogen-bond donors (Lipinski definition) is 2. The van der Waals surface area contributed by atoms with Gasteiger partial charge in [-0.2, -0.15) is 4.98 Å². The minimum Gasteiger partial charge on any atom is -0.496 e. The molecule has 0 radical (unpaired) electrons. The van der Waals surface area contributed by atoms with Gasteiger partial charge in [-0.3, -0.25) is 4.79 Å². The molecule has 0 atom stereocenters. The van der Waals surface area contributed by atoms with Crippen LogP contribution in [0.5, 0.6) is 11.5 Å². The zero-order valence-electron chi connectivity index (χ0n) is 19.5. The van der Waals surface area contributed by atoms with E-state index in [1.807, 2.05) is 19.1 Å². The van der Waals surface area contributed by atoms with Crippen LogP contribution in [0.2, 0.25) is 5.02 Å². The predicted octanol–water partition coefficient (Wildman–Crippen LogP) is 4.85. The molecule has 3 aromatic carbocycles. The molecule has 1 aromatic heterocycles. The van der Waals surface area contributed by atoms with E-state index < -0.39 is 17.5 Å². The van der Waals surface area contributed by atoms with Crippen molar-refractivity contribution in [1.29, 1.82) is 0 Å². The van der Waals surface area contributed by atoms with Crippen LogP contribution in [0.3, 0.4) is 0 Å². The molecule has 0 aliphatic rings. The van der Waals surface area contributed by atoms with Gasteiger partial charge >= 0.3 is 5.62 Å². The van der Waals surface area contributed by atoms with E-state index in [1.165, 1.54) is 7.11 Å². The molecule has 36 heavy (non-hydrogen) atoms. The Kier molecular flexibility index (Phi) is 6.90. The maximum atomic E-state index is 14.5. The van der Waals surface area contributed by atoms with E-state index in [9.17, 15) is 13.6 Å². The smallest absolute Gasteiger partial charge is 0.495 e. The van der Waals surface area contributed by atoms with Gasteiger partial charge in [-0.05, 0) is 30.7 Å². The second-order valence-electron chi connectivity index (χ2n) is 7.62. The first-order valence-electron chi connectivity index (χ1n) is 10.6. The molecule has 0 aliphatic heterocycles. The summed E-state index contributed by atoms with van der Waals surface area (Å²) in [6, 6.07) is 8.76. The van der Waals surface area contributed by atoms with Gasteiger partial charge < -0.3 is 14.8 Å². The van der Waals surface area contributed by atoms with Crippen molar-refractivity contribution >= 4 is 39.8 Å². The van der Waals surface area contributed by atoms with Crippen molar-refractivity contribution in [3.63, 3.8) is 0 Å². The van der Waals surface area contributed by atoms with E-state index >= 15 is 0 Å². The molecule has 182 valence electrons. The molecule has 0 fully saturated rings. The number of rotatable bonds is 6. The number of benzene rings is 3. The van der Waals surface area contributed by atoms with E-state index in [0.717, 1.165) is 28.8 Å². The lowest BCUT2D eigenvalue weighted by atomic mass is 9.98. The first kappa shape index (κ1) is 24.7. The number of carbonyl (C=O) groups is 1. The maximum Gasteiger partial charge on any atom is 0.495 e. The molecule has 0 saturated heterocycles. The summed E-state index contributed by atoms with van der Waals surface area (Å²) in [5.41, 5.74) is 2.45. The topological polar surface area (TPSA) is 89.8 Å². The SMILES string of the molecule is C=CC(=O)Nc1cc(F)cc(F)c1N=c1[n+]#cc2cc(-c3c(C)c(OC)cc(OC)c3Cl)ccc2[nH]1. The minimum atomic E-state index is -0.975. The molecular weight excluding hydrogens is 490 g/mol. The van der Waals surface area contributed by atoms with Crippen LogP contribution in [-0.2, 0) is 4.79 Å². The Bertz CT molecular complexity index is 1560. The Morgan fingerprint density at radius 1 is 1.19 bits per heavy atom. The van der Waals surface area contributed by atoms with Crippen molar-refractivity contribution in [2.24, 2.45) is 4.99 Å². The molecule has 0 unspecified atom stereocenters. The zero-order valence-corrected chi connectivity index (χ0v) is 20.3. The van der Waals surface area contributed by atoms with Crippen molar-refractivity contribution < 1.29 is 28.0 Å². The predicted molar refractivity (Wildman–Crippen MR) is 131 cm³/mol. The van der Waals surface area contributed by atoms with E-state index in [0.29, 0.717) is 33.5 Å². The lowest BCUT2D eigenvalue weighted by Crippen LogP contribution is -2.25. The highest BCUT2D eigenvalue weighted by Gasteiger charge is 2.19. The Morgan fingerprint density at radius 3 is 2.64 bits per heavy atom. The fourth-order valence-corrected chi connectivity index (χ4v) is 4.07. The Morgan fingerprint density at radius 2 is 1.94 bits per heavy atom. The number of methoxy groups -OCH3 is 2. The van der Waals surface area contributed by atoms with Gasteiger partial charge in [0.05, 0.1) is 24.9 Å². The summed E-state index contributed by atoms with van der Waals surface area (Å²) < 4.78 is 39.1. The molecule has 0 aliphatic carbocycles. The average molecular weight is 510 g/mol. The number of anilines is 1. The lowest BCUT2D eigenvalue weighted by Gasteiger charge is -2.16. The van der Waals surface area contributed by atoms with Gasteiger partial charge in [0.15, 0.2) is 12.0 Å². The zero-order chi connectivity index (χ0) is 26.0. The van der Waals surface area contributed by atoms with Crippen LogP contribution < -0.4 is 25.4 Å². The second kappa shape index (κ2) is 10.1. The molecule has 1 amide bonds. The number of nitrogens with zero attached hydrogens (tertiary/aromatic N) is 2. The van der Waals surface area contributed by atoms with E-state index in [1.54, 1.807) is 19.2 Å². The quantitative estimate of drug-likeness (QED) is 0.364. The molecule has 7 nitrogen and oxygen atoms in total. The van der Waals surface area contributed by atoms with Crippen LogP contribution in [0, 0.1) is 24.8 Å². The summed E-state index contributed by atoms with van der Waals surface area (Å²) in [4.78, 5) is 22.9. The standard InChI is InChI=1S/C26H19ClF2N4O3/c1-5-22(34)31-19-10-16(28)9-17(29)25(19)33-26-30-12-15-8-14(6-7-18(15)32-26)23-13(2)20(35-3)11-21(36-4)24(23)27/h5-11H,1H2,2-4H3,(H,31,34)/p+1. The fourth-order valence-electron chi connectivity index (χ4n) is 3.69. The number of aromatic amines is 1. The molecule has 1 heterocycles. The minimum absolute atomic E-state index is 0.00729. The van der Waals surface area contributed by atoms with Crippen molar-refractivity contribution in [1.82, 2.24) is 4.98 Å². The number of halogens is 3. The van der Waals surface area contributed by atoms with Gasteiger partial charge in [-0.15, -0.1) is 0 Å². The van der Waals surface area contributed by atoms with Gasteiger partial charge in [0.2, 0.25) is 11.6 Å². The number of amides is 1. The third kappa shape index (κ3) is 4.72. The molecule has 0 spiro atoms. The number of hydrogen-bond acceptors (Lipinski definition) is 4. The molecule has 4 aromatic rings. The molecule has 0 saturated carbocycles. The fraction of sp³-hybridized carbons (Fsp3) is 0.115. The highest BCUT2D eigenvalue weighted by atomic mass is 35.5. The molecule has 0 bridgehead atoms. The van der Waals surface area contributed by atoms with Gasteiger partial charge in [0.1, 0.15) is 28.2 Å². The van der Waals surface area contributed by atoms with Gasteiger partial charge in [0.25, 0.3) is 0 Å². The normalized spacial score (nSPS) is 11.2. The van der Waals surface area contributed by atoms with Gasteiger partial charge in [-0.1, -0.05) is 29.2 Å². The van der Waals surface area contributed by atoms with Crippen molar-refractivity contribution in [3.8, 4) is 22.6 Å². The van der Waals surface area contributed by atoms with E-state index in [4.69, 9.17) is 21.1 Å². The second-order valence-corrected chi connectivity index (χ2v) is 7.99. The number of aromatic nitrogens is 2. The summed E-state index contributed by atoms with van der Waals surface area (Å²) in [7, 11) is 3.09. The first-order valence-corrected chi connectivity index (χ1v) is 10.9. The molecule has 10 heteroatoms. The van der Waals surface area contributed by atoms with E-state index in [-0.39, 0.29) is 17.0 Å². The lowest BCUT2D eigenvalue weighted by molar-refractivity contribution is -0.322. The number of nitrogens with one attached hydrogen (secondary N) is 2. The number of fused-ring (bicyclic) bond motifs is 1. The average Bonchev–Trinajstić information content (AvgIpc) is 2.86. The number of H-pyrrole nitrogens is 1. The molecule has 2 N–H and O–H groups in total. The van der Waals surface area contributed by atoms with Crippen molar-refractivity contribution in [2.45, 2.75) is 6.92 Å². The molecule has 4 rings (SSSR count). The highest BCUT2D eigenvalue weighted by molar-refractivity contribution is 6.35. The van der Waals surface area contributed by atoms with Crippen LogP contribution in [0.15, 0.2) is 54.0 Å². The van der Waals surface area contributed by atoms with Crippen LogP contribution in [-0.4, -0.2) is 25.1 Å². The summed E-state index contributed by atoms with van der Waals surface area (Å²) >= 11 is 6.60. The van der Waals surface area contributed by atoms with Crippen LogP contribution in [0.25, 0.3) is 22.0 Å². The third-order valence-electron chi connectivity index (χ3n) is 5.41. The van der Waals surface area contributed by atoms with Crippen LogP contribution >= 0.6 is 11.6 Å². The third-order valence-corrected chi connectivity index (χ3v) is 5.78. The van der Waals surface area contributed by atoms with Gasteiger partial charge in [0, 0.05) is 29.3 Å². The molecular formula is C26H20ClF2N4O3+. The Hall–Kier alpha value is -4.42. The largest absolute Gasteiger partial charge is 0.496 e. The maximum absolute atomic E-state index is 14.5. The summed E-state index contributed by atoms with van der Waals surface area (Å²) in [6.07, 6.45) is 3.84. The van der Waals surface area contributed by atoms with Crippen LogP contribution in [0.1, 0.15) is 5.56 Å². The highest BCUT2D eigenvalue weighted by Crippen LogP contribution is 2.43. The van der Waals surface area contributed by atoms with Crippen molar-refractivity contribution in [3.05, 3.63) is 83.1 Å². The van der Waals surface area contributed by atoms with Gasteiger partial charge in [-0.25, -0.2) is 13.8 Å². The van der Waals surface area contributed by atoms with Crippen molar-refractivity contribution in [2.75, 3.05) is 19.5 Å². The number of carbonyl (C=O) groups excluding carboxylic acids is 1. The monoisotopic (exact) mass is 509 g/mol. The summed E-state index contributed by atoms with van der Waals surface area (Å²) in [5.74, 6) is -1.40. The summed E-state index contributed by atoms with van der Waals surface area (Å²) in [6.45, 7) is 5.22. The Balaban J connectivity index is 1.82. The first-order chi connectivity index (χ1) is 17.2. The Labute approximate surface area is 210 Å².